The maximum Gasteiger partial charge on any atom is 0.279 e. The van der Waals surface area contributed by atoms with E-state index in [0.717, 1.165) is 35.4 Å². The molecule has 5 rings (SSSR count). The van der Waals surface area contributed by atoms with Crippen molar-refractivity contribution >= 4 is 17.5 Å². The zero-order valence-corrected chi connectivity index (χ0v) is 18.6. The highest BCUT2D eigenvalue weighted by Crippen LogP contribution is 2.39. The van der Waals surface area contributed by atoms with E-state index in [2.05, 4.69) is 5.32 Å². The van der Waals surface area contributed by atoms with Gasteiger partial charge in [0.25, 0.3) is 11.8 Å². The molecule has 0 saturated carbocycles. The number of aryl methyl sites for hydroxylation is 1. The zero-order valence-electron chi connectivity index (χ0n) is 18.6. The van der Waals surface area contributed by atoms with Crippen LogP contribution in [-0.4, -0.2) is 34.6 Å². The molecule has 1 unspecified atom stereocenters. The Morgan fingerprint density at radius 1 is 1.08 bits per heavy atom. The molecule has 2 amide bonds. The SMILES string of the molecule is Cc1cc(F)c(CNC(=O)c2cn3c(c(O)c2=O)C(=O)N2CC3COc3cc(F)c(F)cc32)c(F)c1. The molecule has 2 aromatic carbocycles. The van der Waals surface area contributed by atoms with Crippen molar-refractivity contribution in [2.75, 3.05) is 18.1 Å². The van der Waals surface area contributed by atoms with Gasteiger partial charge in [-0.2, -0.15) is 0 Å². The third kappa shape index (κ3) is 3.65. The van der Waals surface area contributed by atoms with Crippen LogP contribution in [0.2, 0.25) is 0 Å². The Morgan fingerprint density at radius 2 is 1.75 bits per heavy atom. The number of fused-ring (bicyclic) bond motifs is 6. The summed E-state index contributed by atoms with van der Waals surface area (Å²) in [6.07, 6.45) is 1.04. The second-order valence-electron chi connectivity index (χ2n) is 8.48. The van der Waals surface area contributed by atoms with Crippen LogP contribution in [0.1, 0.15) is 38.0 Å². The fourth-order valence-electron chi connectivity index (χ4n) is 4.32. The Bertz CT molecular complexity index is 1500. The van der Waals surface area contributed by atoms with Gasteiger partial charge in [-0.1, -0.05) is 0 Å². The topological polar surface area (TPSA) is 101 Å². The summed E-state index contributed by atoms with van der Waals surface area (Å²) in [7, 11) is 0. The lowest BCUT2D eigenvalue weighted by Gasteiger charge is -2.33. The molecule has 8 nitrogen and oxygen atoms in total. The Labute approximate surface area is 200 Å². The summed E-state index contributed by atoms with van der Waals surface area (Å²) in [4.78, 5) is 39.7. The molecule has 2 aliphatic heterocycles. The van der Waals surface area contributed by atoms with Gasteiger partial charge in [0.2, 0.25) is 5.43 Å². The number of anilines is 1. The summed E-state index contributed by atoms with van der Waals surface area (Å²) in [5.41, 5.74) is -2.40. The average Bonchev–Trinajstić information content (AvgIpc) is 2.97. The highest BCUT2D eigenvalue weighted by Gasteiger charge is 2.40. The lowest BCUT2D eigenvalue weighted by Crippen LogP contribution is -2.45. The van der Waals surface area contributed by atoms with Gasteiger partial charge in [0.05, 0.1) is 18.3 Å². The first kappa shape index (κ1) is 23.4. The van der Waals surface area contributed by atoms with E-state index < -0.39 is 75.7 Å². The average molecular weight is 503 g/mol. The standard InChI is InChI=1S/C24H17F4N3O5/c1-10-2-14(25)12(15(26)3-10)6-29-23(34)13-8-30-11-7-31(24(35)20(30)22(33)21(13)32)18-4-16(27)17(28)5-19(18)36-9-11/h2-5,8,11,33H,6-7,9H2,1H3,(H,29,34). The maximum atomic E-state index is 14.1. The molecule has 36 heavy (non-hydrogen) atoms. The number of benzene rings is 2. The van der Waals surface area contributed by atoms with Gasteiger partial charge >= 0.3 is 0 Å². The van der Waals surface area contributed by atoms with E-state index in [1.165, 1.54) is 11.5 Å². The van der Waals surface area contributed by atoms with Crippen LogP contribution < -0.4 is 20.4 Å². The van der Waals surface area contributed by atoms with Crippen LogP contribution in [-0.2, 0) is 6.54 Å². The second-order valence-corrected chi connectivity index (χ2v) is 8.48. The lowest BCUT2D eigenvalue weighted by molar-refractivity contribution is 0.0926. The summed E-state index contributed by atoms with van der Waals surface area (Å²) in [5, 5.41) is 12.8. The quantitative estimate of drug-likeness (QED) is 0.536. The summed E-state index contributed by atoms with van der Waals surface area (Å²) in [6, 6.07) is 2.99. The number of aromatic nitrogens is 1. The van der Waals surface area contributed by atoms with Crippen LogP contribution in [0.25, 0.3) is 0 Å². The van der Waals surface area contributed by atoms with Crippen LogP contribution in [0, 0.1) is 30.2 Å². The van der Waals surface area contributed by atoms with E-state index in [9.17, 15) is 37.1 Å². The highest BCUT2D eigenvalue weighted by molar-refractivity contribution is 6.09. The van der Waals surface area contributed by atoms with Crippen molar-refractivity contribution in [1.82, 2.24) is 9.88 Å². The largest absolute Gasteiger partial charge is 0.503 e. The van der Waals surface area contributed by atoms with Gasteiger partial charge in [0.1, 0.15) is 29.6 Å². The van der Waals surface area contributed by atoms with Crippen molar-refractivity contribution in [3.8, 4) is 11.5 Å². The van der Waals surface area contributed by atoms with Crippen LogP contribution in [0.4, 0.5) is 23.2 Å². The molecular formula is C24H17F4N3O5. The van der Waals surface area contributed by atoms with Crippen LogP contribution in [0.5, 0.6) is 11.5 Å². The predicted molar refractivity (Wildman–Crippen MR) is 117 cm³/mol. The summed E-state index contributed by atoms with van der Waals surface area (Å²) < 4.78 is 62.6. The van der Waals surface area contributed by atoms with E-state index in [1.807, 2.05) is 0 Å². The smallest absolute Gasteiger partial charge is 0.279 e. The van der Waals surface area contributed by atoms with Crippen molar-refractivity contribution in [2.45, 2.75) is 19.5 Å². The van der Waals surface area contributed by atoms with E-state index in [-0.39, 0.29) is 24.6 Å². The molecule has 1 atom stereocenters. The Kier molecular flexibility index (Phi) is 5.46. The molecule has 2 aliphatic rings. The van der Waals surface area contributed by atoms with E-state index in [1.54, 1.807) is 0 Å². The summed E-state index contributed by atoms with van der Waals surface area (Å²) in [6.45, 7) is 0.659. The normalized spacial score (nSPS) is 16.1. The van der Waals surface area contributed by atoms with E-state index >= 15 is 0 Å². The number of pyridine rings is 1. The zero-order chi connectivity index (χ0) is 25.9. The predicted octanol–water partition coefficient (Wildman–Crippen LogP) is 2.94. The molecule has 2 N–H and O–H groups in total. The number of rotatable bonds is 3. The van der Waals surface area contributed by atoms with Gasteiger partial charge in [-0.3, -0.25) is 14.4 Å². The van der Waals surface area contributed by atoms with Gasteiger partial charge in [-0.25, -0.2) is 17.6 Å². The first-order chi connectivity index (χ1) is 17.1. The van der Waals surface area contributed by atoms with Crippen molar-refractivity contribution in [3.05, 3.63) is 86.3 Å². The summed E-state index contributed by atoms with van der Waals surface area (Å²) in [5.74, 6) is -7.26. The first-order valence-corrected chi connectivity index (χ1v) is 10.7. The summed E-state index contributed by atoms with van der Waals surface area (Å²) >= 11 is 0. The molecule has 12 heteroatoms. The maximum absolute atomic E-state index is 14.1. The molecule has 0 spiro atoms. The number of ether oxygens (including phenoxy) is 1. The van der Waals surface area contributed by atoms with Gasteiger partial charge in [0, 0.05) is 30.4 Å². The minimum Gasteiger partial charge on any atom is -0.503 e. The Balaban J connectivity index is 1.51. The molecule has 0 aliphatic carbocycles. The molecule has 0 fully saturated rings. The fourth-order valence-corrected chi connectivity index (χ4v) is 4.32. The van der Waals surface area contributed by atoms with Gasteiger partial charge in [-0.05, 0) is 24.6 Å². The van der Waals surface area contributed by atoms with Crippen LogP contribution >= 0.6 is 0 Å². The van der Waals surface area contributed by atoms with Crippen molar-refractivity contribution < 1.29 is 37.0 Å². The number of hydrogen-bond acceptors (Lipinski definition) is 5. The van der Waals surface area contributed by atoms with Gasteiger partial charge in [0.15, 0.2) is 23.1 Å². The van der Waals surface area contributed by atoms with Gasteiger partial charge in [-0.15, -0.1) is 0 Å². The third-order valence-corrected chi connectivity index (χ3v) is 6.12. The van der Waals surface area contributed by atoms with Crippen molar-refractivity contribution in [2.24, 2.45) is 0 Å². The molecule has 3 heterocycles. The molecule has 1 aromatic heterocycles. The number of aromatic hydroxyl groups is 1. The number of hydrogen-bond donors (Lipinski definition) is 2. The number of amides is 2. The minimum atomic E-state index is -1.22. The molecule has 2 bridgehead atoms. The molecule has 186 valence electrons. The van der Waals surface area contributed by atoms with E-state index in [0.29, 0.717) is 5.56 Å². The van der Waals surface area contributed by atoms with Crippen molar-refractivity contribution in [3.63, 3.8) is 0 Å². The number of nitrogens with zero attached hydrogens (tertiary/aromatic N) is 2. The molecular weight excluding hydrogens is 486 g/mol. The van der Waals surface area contributed by atoms with Crippen LogP contribution in [0.15, 0.2) is 35.3 Å². The van der Waals surface area contributed by atoms with Crippen LogP contribution in [0.3, 0.4) is 0 Å². The van der Waals surface area contributed by atoms with Crippen molar-refractivity contribution in [1.29, 1.82) is 0 Å². The number of carbonyl (C=O) groups excluding carboxylic acids is 2. The fraction of sp³-hybridized carbons (Fsp3) is 0.208. The first-order valence-electron chi connectivity index (χ1n) is 10.7. The number of nitrogens with one attached hydrogen (secondary N) is 1. The Morgan fingerprint density at radius 3 is 2.44 bits per heavy atom. The Hall–Kier alpha value is -4.35. The van der Waals surface area contributed by atoms with Gasteiger partial charge < -0.3 is 24.6 Å². The third-order valence-electron chi connectivity index (χ3n) is 6.12. The molecule has 0 saturated heterocycles. The van der Waals surface area contributed by atoms with E-state index in [4.69, 9.17) is 4.74 Å². The molecule has 0 radical (unpaired) electrons. The molecule has 3 aromatic rings. The second kappa shape index (κ2) is 8.40. The highest BCUT2D eigenvalue weighted by atomic mass is 19.2. The number of carbonyl (C=O) groups is 2. The minimum absolute atomic E-state index is 0.0801. The number of halogens is 4. The monoisotopic (exact) mass is 503 g/mol. The lowest BCUT2D eigenvalue weighted by atomic mass is 10.1.